The van der Waals surface area contributed by atoms with Gasteiger partial charge in [-0.05, 0) is 19.4 Å². The largest absolute Gasteiger partial charge is 0.341 e. The molecule has 0 spiro atoms. The maximum absolute atomic E-state index is 11.1. The lowest BCUT2D eigenvalue weighted by atomic mass is 10.1. The van der Waals surface area contributed by atoms with Gasteiger partial charge in [0.2, 0.25) is 0 Å². The van der Waals surface area contributed by atoms with Crippen LogP contribution >= 0.6 is 0 Å². The number of likely N-dealkylation sites (tertiary alicyclic amines) is 1. The normalized spacial score (nSPS) is 23.1. The molecule has 0 aromatic rings. The fraction of sp³-hybridized carbons (Fsp3) is 0.889. The first-order valence-corrected chi connectivity index (χ1v) is 5.17. The van der Waals surface area contributed by atoms with Crippen LogP contribution in [0.2, 0.25) is 0 Å². The number of carbonyl (C=O) groups excluding carboxylic acids is 1. The Hall–Kier alpha value is -0.810. The monoisotopic (exact) mass is 200 g/mol. The summed E-state index contributed by atoms with van der Waals surface area (Å²) in [5.74, 6) is 0. The maximum atomic E-state index is 11.1. The molecule has 0 aromatic heterocycles. The van der Waals surface area contributed by atoms with E-state index in [1.807, 2.05) is 0 Å². The first-order valence-electron chi connectivity index (χ1n) is 5.17. The fourth-order valence-corrected chi connectivity index (χ4v) is 1.82. The summed E-state index contributed by atoms with van der Waals surface area (Å²) in [6, 6.07) is 0.180. The molecule has 1 saturated heterocycles. The van der Waals surface area contributed by atoms with Crippen LogP contribution in [-0.2, 0) is 0 Å². The van der Waals surface area contributed by atoms with Crippen molar-refractivity contribution in [2.24, 2.45) is 5.73 Å². The van der Waals surface area contributed by atoms with Crippen molar-refractivity contribution >= 4 is 6.03 Å². The number of nitrogens with two attached hydrogens (primary N) is 1. The number of hydrogen-bond donors (Lipinski definition) is 3. The van der Waals surface area contributed by atoms with Crippen molar-refractivity contribution in [3.63, 3.8) is 0 Å². The van der Waals surface area contributed by atoms with E-state index in [0.29, 0.717) is 6.54 Å². The van der Waals surface area contributed by atoms with E-state index in [0.717, 1.165) is 32.5 Å². The van der Waals surface area contributed by atoms with Gasteiger partial charge in [-0.25, -0.2) is 4.79 Å². The van der Waals surface area contributed by atoms with Crippen LogP contribution in [0.4, 0.5) is 4.79 Å². The van der Waals surface area contributed by atoms with Crippen molar-refractivity contribution in [1.82, 2.24) is 15.5 Å². The Bertz CT molecular complexity index is 184. The Morgan fingerprint density at radius 3 is 3.07 bits per heavy atom. The van der Waals surface area contributed by atoms with Crippen LogP contribution in [0.1, 0.15) is 12.8 Å². The molecule has 1 atom stereocenters. The lowest BCUT2D eigenvalue weighted by molar-refractivity contribution is 0.190. The summed E-state index contributed by atoms with van der Waals surface area (Å²) in [5.41, 5.74) is 5.49. The second-order valence-corrected chi connectivity index (χ2v) is 3.65. The summed E-state index contributed by atoms with van der Waals surface area (Å²) in [5, 5.41) is 5.49. The quantitative estimate of drug-likeness (QED) is 0.566. The molecule has 0 bridgehead atoms. The Balaban J connectivity index is 2.28. The average Bonchev–Trinajstić information content (AvgIpc) is 2.19. The van der Waals surface area contributed by atoms with E-state index in [1.54, 1.807) is 7.05 Å². The van der Waals surface area contributed by atoms with E-state index in [-0.39, 0.29) is 12.1 Å². The van der Waals surface area contributed by atoms with Gasteiger partial charge >= 0.3 is 6.03 Å². The summed E-state index contributed by atoms with van der Waals surface area (Å²) in [6.45, 7) is 3.63. The van der Waals surface area contributed by atoms with E-state index in [1.165, 1.54) is 0 Å². The van der Waals surface area contributed by atoms with Crippen LogP contribution < -0.4 is 16.4 Å². The van der Waals surface area contributed by atoms with Gasteiger partial charge in [-0.15, -0.1) is 0 Å². The molecule has 1 rings (SSSR count). The molecule has 1 aliphatic heterocycles. The van der Waals surface area contributed by atoms with Gasteiger partial charge in [0.05, 0.1) is 0 Å². The van der Waals surface area contributed by atoms with Gasteiger partial charge in [0, 0.05) is 32.7 Å². The summed E-state index contributed by atoms with van der Waals surface area (Å²) >= 11 is 0. The fourth-order valence-electron chi connectivity index (χ4n) is 1.82. The van der Waals surface area contributed by atoms with Gasteiger partial charge in [0.25, 0.3) is 0 Å². The molecule has 4 N–H and O–H groups in total. The SMILES string of the molecule is CNC(=O)N[C@H]1CCCN(CCN)C1. The van der Waals surface area contributed by atoms with Crippen molar-refractivity contribution in [2.45, 2.75) is 18.9 Å². The smallest absolute Gasteiger partial charge is 0.314 e. The highest BCUT2D eigenvalue weighted by Crippen LogP contribution is 2.08. The molecule has 0 saturated carbocycles. The van der Waals surface area contributed by atoms with Crippen molar-refractivity contribution in [3.8, 4) is 0 Å². The highest BCUT2D eigenvalue weighted by atomic mass is 16.2. The minimum atomic E-state index is -0.0930. The lowest BCUT2D eigenvalue weighted by Crippen LogP contribution is -2.50. The number of nitrogens with zero attached hydrogens (tertiary/aromatic N) is 1. The van der Waals surface area contributed by atoms with Crippen LogP contribution in [0.5, 0.6) is 0 Å². The zero-order valence-corrected chi connectivity index (χ0v) is 8.75. The second kappa shape index (κ2) is 5.82. The highest BCUT2D eigenvalue weighted by molar-refractivity contribution is 5.73. The molecule has 2 amide bonds. The molecule has 0 radical (unpaired) electrons. The van der Waals surface area contributed by atoms with Crippen molar-refractivity contribution < 1.29 is 4.79 Å². The van der Waals surface area contributed by atoms with Crippen LogP contribution in [-0.4, -0.2) is 50.2 Å². The van der Waals surface area contributed by atoms with Gasteiger partial charge in [0.1, 0.15) is 0 Å². The summed E-state index contributed by atoms with van der Waals surface area (Å²) < 4.78 is 0. The third-order valence-electron chi connectivity index (χ3n) is 2.51. The first kappa shape index (κ1) is 11.3. The Morgan fingerprint density at radius 1 is 1.64 bits per heavy atom. The summed E-state index contributed by atoms with van der Waals surface area (Å²) in [6.07, 6.45) is 2.20. The standard InChI is InChI=1S/C9H20N4O/c1-11-9(14)12-8-3-2-5-13(7-8)6-4-10/h8H,2-7,10H2,1H3,(H2,11,12,14)/t8-/m0/s1. The molecule has 1 fully saturated rings. The molecular weight excluding hydrogens is 180 g/mol. The lowest BCUT2D eigenvalue weighted by Gasteiger charge is -2.32. The van der Waals surface area contributed by atoms with Crippen LogP contribution in [0.3, 0.4) is 0 Å². The van der Waals surface area contributed by atoms with Gasteiger partial charge in [-0.3, -0.25) is 0 Å². The predicted octanol–water partition coefficient (Wildman–Crippen LogP) is -0.661. The van der Waals surface area contributed by atoms with Gasteiger partial charge in [-0.2, -0.15) is 0 Å². The molecule has 82 valence electrons. The number of hydrogen-bond acceptors (Lipinski definition) is 3. The van der Waals surface area contributed by atoms with E-state index in [9.17, 15) is 4.79 Å². The number of rotatable bonds is 3. The Labute approximate surface area is 85.0 Å². The topological polar surface area (TPSA) is 70.4 Å². The Morgan fingerprint density at radius 2 is 2.43 bits per heavy atom. The molecule has 5 heteroatoms. The van der Waals surface area contributed by atoms with Crippen LogP contribution in [0, 0.1) is 0 Å². The molecular formula is C9H20N4O. The van der Waals surface area contributed by atoms with Crippen molar-refractivity contribution in [1.29, 1.82) is 0 Å². The zero-order valence-electron chi connectivity index (χ0n) is 8.75. The predicted molar refractivity (Wildman–Crippen MR) is 56.1 cm³/mol. The first-order chi connectivity index (χ1) is 6.76. The van der Waals surface area contributed by atoms with Crippen LogP contribution in [0.15, 0.2) is 0 Å². The van der Waals surface area contributed by atoms with E-state index in [2.05, 4.69) is 15.5 Å². The molecule has 0 aromatic carbocycles. The van der Waals surface area contributed by atoms with E-state index in [4.69, 9.17) is 5.73 Å². The summed E-state index contributed by atoms with van der Waals surface area (Å²) in [7, 11) is 1.63. The number of amides is 2. The molecule has 1 heterocycles. The van der Waals surface area contributed by atoms with Gasteiger partial charge in [0.15, 0.2) is 0 Å². The molecule has 5 nitrogen and oxygen atoms in total. The average molecular weight is 200 g/mol. The van der Waals surface area contributed by atoms with Crippen molar-refractivity contribution in [2.75, 3.05) is 33.2 Å². The Kier molecular flexibility index (Phi) is 4.69. The third kappa shape index (κ3) is 3.51. The molecule has 0 unspecified atom stereocenters. The number of urea groups is 1. The van der Waals surface area contributed by atoms with Gasteiger partial charge < -0.3 is 21.3 Å². The number of carbonyl (C=O) groups is 1. The van der Waals surface area contributed by atoms with Gasteiger partial charge in [-0.1, -0.05) is 0 Å². The highest BCUT2D eigenvalue weighted by Gasteiger charge is 2.19. The molecule has 14 heavy (non-hydrogen) atoms. The number of nitrogens with one attached hydrogen (secondary N) is 2. The zero-order chi connectivity index (χ0) is 10.4. The minimum Gasteiger partial charge on any atom is -0.341 e. The number of piperidine rings is 1. The molecule has 0 aliphatic carbocycles. The summed E-state index contributed by atoms with van der Waals surface area (Å²) in [4.78, 5) is 13.4. The van der Waals surface area contributed by atoms with E-state index >= 15 is 0 Å². The maximum Gasteiger partial charge on any atom is 0.314 e. The minimum absolute atomic E-state index is 0.0930. The second-order valence-electron chi connectivity index (χ2n) is 3.65. The van der Waals surface area contributed by atoms with Crippen molar-refractivity contribution in [3.05, 3.63) is 0 Å². The van der Waals surface area contributed by atoms with Crippen LogP contribution in [0.25, 0.3) is 0 Å². The van der Waals surface area contributed by atoms with E-state index < -0.39 is 0 Å². The third-order valence-corrected chi connectivity index (χ3v) is 2.51. The molecule has 1 aliphatic rings.